The third-order valence-corrected chi connectivity index (χ3v) is 5.45. The normalized spacial score (nSPS) is 18.4. The van der Waals surface area contributed by atoms with Gasteiger partial charge in [0.05, 0.1) is 12.6 Å². The number of nitrogens with zero attached hydrogens (tertiary/aromatic N) is 1. The van der Waals surface area contributed by atoms with Gasteiger partial charge in [-0.05, 0) is 54.3 Å². The average Bonchev–Trinajstić information content (AvgIpc) is 3.08. The highest BCUT2D eigenvalue weighted by Gasteiger charge is 2.17. The molecule has 1 aromatic carbocycles. The van der Waals surface area contributed by atoms with Crippen LogP contribution in [-0.2, 0) is 4.74 Å². The van der Waals surface area contributed by atoms with E-state index in [1.54, 1.807) is 0 Å². The first-order valence-corrected chi connectivity index (χ1v) is 11.3. The van der Waals surface area contributed by atoms with E-state index in [0.29, 0.717) is 18.3 Å². The maximum absolute atomic E-state index is 6.53. The van der Waals surface area contributed by atoms with Gasteiger partial charge in [-0.15, -0.1) is 0 Å². The molecule has 6 heteroatoms. The zero-order valence-corrected chi connectivity index (χ0v) is 19.3. The van der Waals surface area contributed by atoms with Gasteiger partial charge in [0.1, 0.15) is 5.76 Å². The van der Waals surface area contributed by atoms with Crippen LogP contribution in [0, 0.1) is 5.92 Å². The lowest BCUT2D eigenvalue weighted by molar-refractivity contribution is 0.359. The monoisotopic (exact) mass is 450 g/mol. The van der Waals surface area contributed by atoms with E-state index in [-0.39, 0.29) is 12.0 Å². The number of benzene rings is 1. The Bertz CT molecular complexity index is 1030. The van der Waals surface area contributed by atoms with Crippen molar-refractivity contribution in [3.05, 3.63) is 94.8 Å². The van der Waals surface area contributed by atoms with Crippen molar-refractivity contribution in [2.45, 2.75) is 32.7 Å². The molecule has 0 spiro atoms. The SMILES string of the molecule is CC/C=C(Cl)\C=C/C(C)C1=CCN=C(Nc2ccc(N)c(C(N)C3=CC=CCC=C3)c2)O1. The smallest absolute Gasteiger partial charge is 0.294 e. The molecule has 1 heterocycles. The van der Waals surface area contributed by atoms with Crippen LogP contribution >= 0.6 is 11.6 Å². The maximum atomic E-state index is 6.53. The number of anilines is 2. The summed E-state index contributed by atoms with van der Waals surface area (Å²) >= 11 is 6.16. The van der Waals surface area contributed by atoms with Gasteiger partial charge in [-0.2, -0.15) is 0 Å². The van der Waals surface area contributed by atoms with Gasteiger partial charge in [-0.25, -0.2) is 4.99 Å². The van der Waals surface area contributed by atoms with Crippen LogP contribution in [0.4, 0.5) is 11.4 Å². The maximum Gasteiger partial charge on any atom is 0.294 e. The Labute approximate surface area is 195 Å². The second kappa shape index (κ2) is 11.6. The van der Waals surface area contributed by atoms with Crippen molar-refractivity contribution < 1.29 is 4.74 Å². The second-order valence-corrected chi connectivity index (χ2v) is 8.12. The first-order valence-electron chi connectivity index (χ1n) is 10.9. The summed E-state index contributed by atoms with van der Waals surface area (Å²) in [5.74, 6) is 0.895. The van der Waals surface area contributed by atoms with Crippen molar-refractivity contribution in [2.24, 2.45) is 16.6 Å². The summed E-state index contributed by atoms with van der Waals surface area (Å²) in [5, 5.41) is 3.98. The van der Waals surface area contributed by atoms with Crippen LogP contribution in [0.2, 0.25) is 0 Å². The minimum absolute atomic E-state index is 0.0683. The number of amidine groups is 1. The lowest BCUT2D eigenvalue weighted by atomic mass is 9.97. The number of nitrogen functional groups attached to an aromatic ring is 1. The molecule has 5 N–H and O–H groups in total. The summed E-state index contributed by atoms with van der Waals surface area (Å²) in [6, 6.07) is 5.81. The number of nitrogens with one attached hydrogen (secondary N) is 1. The van der Waals surface area contributed by atoms with Crippen molar-refractivity contribution in [2.75, 3.05) is 17.6 Å². The number of rotatable bonds is 7. The first-order chi connectivity index (χ1) is 15.5. The number of hydrogen-bond acceptors (Lipinski definition) is 5. The van der Waals surface area contributed by atoms with Crippen molar-refractivity contribution in [3.8, 4) is 0 Å². The molecule has 3 rings (SSSR count). The lowest BCUT2D eigenvalue weighted by Crippen LogP contribution is -2.22. The molecular weight excluding hydrogens is 420 g/mol. The van der Waals surface area contributed by atoms with Crippen molar-refractivity contribution in [3.63, 3.8) is 0 Å². The topological polar surface area (TPSA) is 85.7 Å². The highest BCUT2D eigenvalue weighted by Crippen LogP contribution is 2.29. The summed E-state index contributed by atoms with van der Waals surface area (Å²) in [6.45, 7) is 4.65. The van der Waals surface area contributed by atoms with E-state index in [9.17, 15) is 0 Å². The Balaban J connectivity index is 1.69. The van der Waals surface area contributed by atoms with Crippen LogP contribution in [0.5, 0.6) is 0 Å². The van der Waals surface area contributed by atoms with Gasteiger partial charge in [0, 0.05) is 22.3 Å². The van der Waals surface area contributed by atoms with Crippen LogP contribution in [0.3, 0.4) is 0 Å². The Kier molecular flexibility index (Phi) is 8.54. The van der Waals surface area contributed by atoms with E-state index >= 15 is 0 Å². The van der Waals surface area contributed by atoms with Crippen LogP contribution < -0.4 is 16.8 Å². The zero-order valence-electron chi connectivity index (χ0n) is 18.6. The molecule has 1 aliphatic carbocycles. The minimum atomic E-state index is -0.327. The number of hydrogen-bond donors (Lipinski definition) is 3. The van der Waals surface area contributed by atoms with E-state index in [2.05, 4.69) is 36.3 Å². The molecule has 1 aromatic rings. The summed E-state index contributed by atoms with van der Waals surface area (Å²) in [7, 11) is 0. The Morgan fingerprint density at radius 1 is 1.34 bits per heavy atom. The molecule has 0 aromatic heterocycles. The van der Waals surface area contributed by atoms with Crippen LogP contribution in [0.25, 0.3) is 0 Å². The molecule has 32 heavy (non-hydrogen) atoms. The van der Waals surface area contributed by atoms with Crippen LogP contribution in [0.1, 0.15) is 38.3 Å². The fourth-order valence-electron chi connectivity index (χ4n) is 3.37. The van der Waals surface area contributed by atoms with Crippen molar-refractivity contribution in [1.82, 2.24) is 0 Å². The van der Waals surface area contributed by atoms with Gasteiger partial charge < -0.3 is 21.5 Å². The highest BCUT2D eigenvalue weighted by atomic mass is 35.5. The average molecular weight is 451 g/mol. The summed E-state index contributed by atoms with van der Waals surface area (Å²) in [6.07, 6.45) is 19.9. The number of nitrogens with two attached hydrogens (primary N) is 2. The Morgan fingerprint density at radius 3 is 3.00 bits per heavy atom. The van der Waals surface area contributed by atoms with E-state index in [0.717, 1.165) is 40.5 Å². The van der Waals surface area contributed by atoms with Gasteiger partial charge in [0.2, 0.25) is 0 Å². The number of aliphatic imine (C=N–C) groups is 1. The Morgan fingerprint density at radius 2 is 2.19 bits per heavy atom. The number of ether oxygens (including phenoxy) is 1. The van der Waals surface area contributed by atoms with E-state index in [1.807, 2.05) is 60.7 Å². The molecular formula is C26H31ClN4O. The van der Waals surface area contributed by atoms with Gasteiger partial charge in [0.15, 0.2) is 0 Å². The van der Waals surface area contributed by atoms with Gasteiger partial charge >= 0.3 is 0 Å². The third-order valence-electron chi connectivity index (χ3n) is 5.17. The standard InChI is InChI=1S/C26H31ClN4O/c1-3-8-20(27)12-11-18(2)24-15-16-30-26(32-24)31-21-13-14-23(28)22(17-21)25(29)19-9-6-4-5-7-10-19/h4,6-15,17-18,25H,3,5,16,28-29H2,1-2H3,(H,30,31)/b12-11-,20-8+. The summed E-state index contributed by atoms with van der Waals surface area (Å²) in [5.41, 5.74) is 16.1. The largest absolute Gasteiger partial charge is 0.430 e. The van der Waals surface area contributed by atoms with Crippen molar-refractivity contribution >= 4 is 29.0 Å². The molecule has 0 saturated heterocycles. The number of allylic oxidation sites excluding steroid dienone is 8. The van der Waals surface area contributed by atoms with Crippen LogP contribution in [-0.4, -0.2) is 12.6 Å². The molecule has 2 unspecified atom stereocenters. The van der Waals surface area contributed by atoms with E-state index in [1.165, 1.54) is 0 Å². The quantitative estimate of drug-likeness (QED) is 0.345. The highest BCUT2D eigenvalue weighted by molar-refractivity contribution is 6.31. The summed E-state index contributed by atoms with van der Waals surface area (Å²) < 4.78 is 6.00. The molecule has 1 aliphatic heterocycles. The van der Waals surface area contributed by atoms with Gasteiger partial charge in [-0.1, -0.05) is 68.0 Å². The fraction of sp³-hybridized carbons (Fsp3) is 0.269. The molecule has 0 amide bonds. The predicted molar refractivity (Wildman–Crippen MR) is 136 cm³/mol. The lowest BCUT2D eigenvalue weighted by Gasteiger charge is -2.21. The molecule has 0 bridgehead atoms. The van der Waals surface area contributed by atoms with E-state index < -0.39 is 0 Å². The number of halogens is 1. The first kappa shape index (κ1) is 23.6. The molecule has 2 atom stereocenters. The minimum Gasteiger partial charge on any atom is -0.430 e. The molecule has 0 radical (unpaired) electrons. The fourth-order valence-corrected chi connectivity index (χ4v) is 3.60. The zero-order chi connectivity index (χ0) is 22.9. The predicted octanol–water partition coefficient (Wildman–Crippen LogP) is 6.12. The third kappa shape index (κ3) is 6.49. The molecule has 168 valence electrons. The summed E-state index contributed by atoms with van der Waals surface area (Å²) in [4.78, 5) is 4.43. The Hall–Kier alpha value is -3.02. The van der Waals surface area contributed by atoms with Gasteiger partial charge in [-0.3, -0.25) is 0 Å². The molecule has 2 aliphatic rings. The van der Waals surface area contributed by atoms with Crippen molar-refractivity contribution in [1.29, 1.82) is 0 Å². The molecule has 0 fully saturated rings. The molecule has 0 saturated carbocycles. The molecule has 5 nitrogen and oxygen atoms in total. The van der Waals surface area contributed by atoms with Gasteiger partial charge in [0.25, 0.3) is 6.02 Å². The second-order valence-electron chi connectivity index (χ2n) is 7.68. The van der Waals surface area contributed by atoms with Crippen LogP contribution in [0.15, 0.2) is 94.2 Å². The van der Waals surface area contributed by atoms with E-state index in [4.69, 9.17) is 27.8 Å².